The first-order chi connectivity index (χ1) is 11.4. The zero-order valence-electron chi connectivity index (χ0n) is 14.5. The van der Waals surface area contributed by atoms with Gasteiger partial charge >= 0.3 is 0 Å². The zero-order valence-corrected chi connectivity index (χ0v) is 14.5. The predicted molar refractivity (Wildman–Crippen MR) is 97.1 cm³/mol. The Bertz CT molecular complexity index is 669. The van der Waals surface area contributed by atoms with Gasteiger partial charge < -0.3 is 20.7 Å². The maximum atomic E-state index is 12.6. The third kappa shape index (κ3) is 4.81. The lowest BCUT2D eigenvalue weighted by Crippen LogP contribution is -2.45. The summed E-state index contributed by atoms with van der Waals surface area (Å²) in [5.74, 6) is 0.451. The molecule has 0 saturated heterocycles. The number of nitrogens with zero attached hydrogens (tertiary/aromatic N) is 1. The van der Waals surface area contributed by atoms with Gasteiger partial charge in [-0.1, -0.05) is 36.4 Å². The van der Waals surface area contributed by atoms with E-state index in [1.165, 1.54) is 0 Å². The monoisotopic (exact) mass is 327 g/mol. The average molecular weight is 327 g/mol. The number of benzene rings is 2. The second kappa shape index (κ2) is 7.95. The molecule has 24 heavy (non-hydrogen) atoms. The quantitative estimate of drug-likeness (QED) is 0.820. The van der Waals surface area contributed by atoms with Crippen molar-refractivity contribution in [3.8, 4) is 5.75 Å². The first kappa shape index (κ1) is 18.0. The van der Waals surface area contributed by atoms with Crippen molar-refractivity contribution in [1.29, 1.82) is 0 Å². The minimum atomic E-state index is -1.11. The first-order valence-electron chi connectivity index (χ1n) is 7.93. The molecule has 0 fully saturated rings. The maximum Gasteiger partial charge on any atom is 0.248 e. The number of amides is 1. The molecule has 5 heteroatoms. The molecule has 0 saturated carbocycles. The van der Waals surface area contributed by atoms with E-state index in [2.05, 4.69) is 5.32 Å². The Morgan fingerprint density at radius 3 is 2.54 bits per heavy atom. The number of carbonyl (C=O) groups excluding carboxylic acids is 1. The molecule has 2 aromatic carbocycles. The summed E-state index contributed by atoms with van der Waals surface area (Å²) < 4.78 is 5.69. The summed E-state index contributed by atoms with van der Waals surface area (Å²) in [7, 11) is 3.98. The lowest BCUT2D eigenvalue weighted by molar-refractivity contribution is -0.120. The molecule has 2 aromatic rings. The largest absolute Gasteiger partial charge is 0.492 e. The molecule has 2 rings (SSSR count). The van der Waals surface area contributed by atoms with Crippen LogP contribution in [0.2, 0.25) is 0 Å². The van der Waals surface area contributed by atoms with Gasteiger partial charge in [-0.25, -0.2) is 0 Å². The van der Waals surface area contributed by atoms with Crippen LogP contribution in [0.3, 0.4) is 0 Å². The Kier molecular flexibility index (Phi) is 5.95. The van der Waals surface area contributed by atoms with Crippen LogP contribution in [0.25, 0.3) is 0 Å². The third-order valence-electron chi connectivity index (χ3n) is 3.74. The standard InChI is InChI=1S/C19H25N3O2/c1-19(20,15-8-5-4-6-9-15)18(23)21-16-10-7-11-17(14-16)24-13-12-22(2)3/h4-11,14H,12-13,20H2,1-3H3,(H,21,23). The fraction of sp³-hybridized carbons (Fsp3) is 0.316. The van der Waals surface area contributed by atoms with Crippen LogP contribution in [0.4, 0.5) is 5.69 Å². The lowest BCUT2D eigenvalue weighted by atomic mass is 9.92. The van der Waals surface area contributed by atoms with Crippen molar-refractivity contribution in [3.05, 3.63) is 60.2 Å². The molecule has 0 aliphatic carbocycles. The molecular weight excluding hydrogens is 302 g/mol. The molecule has 1 atom stereocenters. The van der Waals surface area contributed by atoms with Crippen molar-refractivity contribution >= 4 is 11.6 Å². The summed E-state index contributed by atoms with van der Waals surface area (Å²) in [6.45, 7) is 3.11. The van der Waals surface area contributed by atoms with Crippen molar-refractivity contribution in [2.45, 2.75) is 12.5 Å². The van der Waals surface area contributed by atoms with Gasteiger partial charge in [0.15, 0.2) is 0 Å². The average Bonchev–Trinajstić information content (AvgIpc) is 2.55. The molecule has 0 bridgehead atoms. The van der Waals surface area contributed by atoms with Gasteiger partial charge in [-0.05, 0) is 38.7 Å². The molecule has 128 valence electrons. The normalized spacial score (nSPS) is 13.4. The number of ether oxygens (including phenoxy) is 1. The summed E-state index contributed by atoms with van der Waals surface area (Å²) in [6, 6.07) is 16.7. The molecule has 0 heterocycles. The number of carbonyl (C=O) groups is 1. The van der Waals surface area contributed by atoms with E-state index < -0.39 is 5.54 Å². The highest BCUT2D eigenvalue weighted by molar-refractivity contribution is 5.98. The molecule has 1 unspecified atom stereocenters. The number of hydrogen-bond acceptors (Lipinski definition) is 4. The Balaban J connectivity index is 2.03. The van der Waals surface area contributed by atoms with Crippen LogP contribution in [-0.4, -0.2) is 38.1 Å². The van der Waals surface area contributed by atoms with Crippen LogP contribution in [0.1, 0.15) is 12.5 Å². The van der Waals surface area contributed by atoms with E-state index in [1.807, 2.05) is 67.5 Å². The number of likely N-dealkylation sites (N-methyl/N-ethyl adjacent to an activating group) is 1. The lowest BCUT2D eigenvalue weighted by Gasteiger charge is -2.24. The van der Waals surface area contributed by atoms with Gasteiger partial charge in [0.2, 0.25) is 5.91 Å². The van der Waals surface area contributed by atoms with Crippen LogP contribution in [-0.2, 0) is 10.3 Å². The van der Waals surface area contributed by atoms with E-state index in [-0.39, 0.29) is 5.91 Å². The number of anilines is 1. The molecular formula is C19H25N3O2. The second-order valence-electron chi connectivity index (χ2n) is 6.20. The van der Waals surface area contributed by atoms with Crippen molar-refractivity contribution < 1.29 is 9.53 Å². The van der Waals surface area contributed by atoms with Crippen LogP contribution in [0.5, 0.6) is 5.75 Å². The van der Waals surface area contributed by atoms with Crippen molar-refractivity contribution in [2.75, 3.05) is 32.6 Å². The van der Waals surface area contributed by atoms with Crippen LogP contribution in [0.15, 0.2) is 54.6 Å². The minimum absolute atomic E-state index is 0.265. The molecule has 5 nitrogen and oxygen atoms in total. The summed E-state index contributed by atoms with van der Waals surface area (Å²) >= 11 is 0. The fourth-order valence-electron chi connectivity index (χ4n) is 2.19. The molecule has 0 spiro atoms. The Hall–Kier alpha value is -2.37. The summed E-state index contributed by atoms with van der Waals surface area (Å²) in [6.07, 6.45) is 0. The summed E-state index contributed by atoms with van der Waals surface area (Å²) in [5, 5.41) is 2.87. The van der Waals surface area contributed by atoms with Crippen molar-refractivity contribution in [2.24, 2.45) is 5.73 Å². The molecule has 0 aromatic heterocycles. The van der Waals surface area contributed by atoms with Gasteiger partial charge in [0.1, 0.15) is 17.9 Å². The number of hydrogen-bond donors (Lipinski definition) is 2. The molecule has 3 N–H and O–H groups in total. The van der Waals surface area contributed by atoms with E-state index in [4.69, 9.17) is 10.5 Å². The maximum absolute atomic E-state index is 12.6. The number of nitrogens with two attached hydrogens (primary N) is 1. The second-order valence-corrected chi connectivity index (χ2v) is 6.20. The zero-order chi connectivity index (χ0) is 17.6. The van der Waals surface area contributed by atoms with Gasteiger partial charge in [-0.2, -0.15) is 0 Å². The fourth-order valence-corrected chi connectivity index (χ4v) is 2.19. The predicted octanol–water partition coefficient (Wildman–Crippen LogP) is 2.44. The number of rotatable bonds is 7. The molecule has 0 radical (unpaired) electrons. The van der Waals surface area contributed by atoms with Gasteiger partial charge in [0.25, 0.3) is 0 Å². The molecule has 0 aliphatic heterocycles. The highest BCUT2D eigenvalue weighted by Crippen LogP contribution is 2.22. The van der Waals surface area contributed by atoms with Crippen LogP contribution in [0, 0.1) is 0 Å². The Labute approximate surface area is 143 Å². The van der Waals surface area contributed by atoms with Gasteiger partial charge in [-0.3, -0.25) is 4.79 Å². The number of nitrogens with one attached hydrogen (secondary N) is 1. The van der Waals surface area contributed by atoms with E-state index >= 15 is 0 Å². The highest BCUT2D eigenvalue weighted by atomic mass is 16.5. The Morgan fingerprint density at radius 1 is 1.17 bits per heavy atom. The van der Waals surface area contributed by atoms with Gasteiger partial charge in [-0.15, -0.1) is 0 Å². The van der Waals surface area contributed by atoms with Crippen LogP contribution >= 0.6 is 0 Å². The van der Waals surface area contributed by atoms with Crippen molar-refractivity contribution in [1.82, 2.24) is 4.90 Å². The van der Waals surface area contributed by atoms with E-state index in [9.17, 15) is 4.79 Å². The Morgan fingerprint density at radius 2 is 1.88 bits per heavy atom. The van der Waals surface area contributed by atoms with E-state index in [1.54, 1.807) is 13.0 Å². The topological polar surface area (TPSA) is 67.6 Å². The summed E-state index contributed by atoms with van der Waals surface area (Å²) in [5.41, 5.74) is 6.55. The third-order valence-corrected chi connectivity index (χ3v) is 3.74. The first-order valence-corrected chi connectivity index (χ1v) is 7.93. The summed E-state index contributed by atoms with van der Waals surface area (Å²) in [4.78, 5) is 14.6. The molecule has 1 amide bonds. The molecule has 0 aliphatic rings. The highest BCUT2D eigenvalue weighted by Gasteiger charge is 2.30. The van der Waals surface area contributed by atoms with Gasteiger partial charge in [0.05, 0.1) is 0 Å². The van der Waals surface area contributed by atoms with E-state index in [0.29, 0.717) is 18.0 Å². The van der Waals surface area contributed by atoms with Gasteiger partial charge in [0, 0.05) is 18.3 Å². The smallest absolute Gasteiger partial charge is 0.248 e. The SMILES string of the molecule is CN(C)CCOc1cccc(NC(=O)C(C)(N)c2ccccc2)c1. The van der Waals surface area contributed by atoms with E-state index in [0.717, 1.165) is 12.1 Å². The van der Waals surface area contributed by atoms with Crippen LogP contribution < -0.4 is 15.8 Å². The van der Waals surface area contributed by atoms with Crippen molar-refractivity contribution in [3.63, 3.8) is 0 Å². The minimum Gasteiger partial charge on any atom is -0.492 e.